The predicted molar refractivity (Wildman–Crippen MR) is 81.3 cm³/mol. The van der Waals surface area contributed by atoms with E-state index in [1.807, 2.05) is 43.5 Å². The molecule has 0 heterocycles. The minimum absolute atomic E-state index is 0.304. The maximum Gasteiger partial charge on any atom is 0.140 e. The molecule has 2 aromatic carbocycles. The van der Waals surface area contributed by atoms with Crippen molar-refractivity contribution in [2.45, 2.75) is 17.9 Å². The molecule has 1 unspecified atom stereocenters. The predicted octanol–water partition coefficient (Wildman–Crippen LogP) is 4.53. The summed E-state index contributed by atoms with van der Waals surface area (Å²) in [5.74, 6) is -0.304. The van der Waals surface area contributed by atoms with Gasteiger partial charge in [-0.25, -0.2) is 4.39 Å². The molecule has 0 aliphatic carbocycles. The lowest BCUT2D eigenvalue weighted by Crippen LogP contribution is -2.08. The first kappa shape index (κ1) is 14.4. The molecular formula is C16H15FN2S. The Labute approximate surface area is 122 Å². The smallest absolute Gasteiger partial charge is 0.140 e. The van der Waals surface area contributed by atoms with Crippen LogP contribution in [0.2, 0.25) is 0 Å². The molecule has 4 heteroatoms. The van der Waals surface area contributed by atoms with E-state index in [0.29, 0.717) is 5.69 Å². The average Bonchev–Trinajstić information content (AvgIpc) is 2.44. The number of nitrogens with one attached hydrogen (secondary N) is 1. The summed E-state index contributed by atoms with van der Waals surface area (Å²) >= 11 is 1.65. The van der Waals surface area contributed by atoms with Gasteiger partial charge in [-0.3, -0.25) is 0 Å². The molecule has 0 spiro atoms. The summed E-state index contributed by atoms with van der Waals surface area (Å²) in [6.45, 7) is 1.82. The van der Waals surface area contributed by atoms with Gasteiger partial charge in [0.2, 0.25) is 0 Å². The van der Waals surface area contributed by atoms with Gasteiger partial charge in [-0.2, -0.15) is 5.26 Å². The van der Waals surface area contributed by atoms with Gasteiger partial charge in [-0.05, 0) is 54.6 Å². The van der Waals surface area contributed by atoms with Crippen LogP contribution in [0, 0.1) is 24.1 Å². The van der Waals surface area contributed by atoms with E-state index in [-0.39, 0.29) is 5.82 Å². The van der Waals surface area contributed by atoms with Crippen LogP contribution in [0.3, 0.4) is 0 Å². The van der Waals surface area contributed by atoms with Crippen molar-refractivity contribution in [3.05, 3.63) is 59.4 Å². The number of hydrogen-bond donors (Lipinski definition) is 1. The standard InChI is InChI=1S/C16H15FN2S/c1-11-7-13(17)9-14(8-11)19-16(10-18)12-3-5-15(20-2)6-4-12/h3-9,16,19H,1-2H3. The molecule has 0 saturated heterocycles. The third kappa shape index (κ3) is 3.52. The van der Waals surface area contributed by atoms with Crippen molar-refractivity contribution in [1.29, 1.82) is 5.26 Å². The van der Waals surface area contributed by atoms with Crippen LogP contribution in [-0.4, -0.2) is 6.26 Å². The number of aryl methyl sites for hydroxylation is 1. The molecule has 20 heavy (non-hydrogen) atoms. The first-order valence-corrected chi connectivity index (χ1v) is 7.42. The highest BCUT2D eigenvalue weighted by Gasteiger charge is 2.11. The lowest BCUT2D eigenvalue weighted by molar-refractivity contribution is 0.627. The van der Waals surface area contributed by atoms with Gasteiger partial charge < -0.3 is 5.32 Å². The lowest BCUT2D eigenvalue weighted by Gasteiger charge is -2.14. The normalized spacial score (nSPS) is 11.7. The molecule has 0 bridgehead atoms. The molecular weight excluding hydrogens is 271 g/mol. The van der Waals surface area contributed by atoms with E-state index in [0.717, 1.165) is 16.0 Å². The van der Waals surface area contributed by atoms with Gasteiger partial charge in [0, 0.05) is 10.6 Å². The van der Waals surface area contributed by atoms with Gasteiger partial charge in [-0.1, -0.05) is 12.1 Å². The third-order valence-electron chi connectivity index (χ3n) is 2.93. The van der Waals surface area contributed by atoms with Crippen molar-refractivity contribution in [2.75, 3.05) is 11.6 Å². The molecule has 1 atom stereocenters. The Morgan fingerprint density at radius 2 is 1.90 bits per heavy atom. The number of benzene rings is 2. The molecule has 0 saturated carbocycles. The van der Waals surface area contributed by atoms with Crippen LogP contribution in [0.1, 0.15) is 17.2 Å². The molecule has 0 aliphatic heterocycles. The molecule has 1 N–H and O–H groups in total. The quantitative estimate of drug-likeness (QED) is 0.839. The second-order valence-corrected chi connectivity index (χ2v) is 5.38. The summed E-state index contributed by atoms with van der Waals surface area (Å²) in [7, 11) is 0. The highest BCUT2D eigenvalue weighted by atomic mass is 32.2. The van der Waals surface area contributed by atoms with Crippen LogP contribution in [-0.2, 0) is 0 Å². The number of anilines is 1. The fourth-order valence-electron chi connectivity index (χ4n) is 1.97. The lowest BCUT2D eigenvalue weighted by atomic mass is 10.1. The van der Waals surface area contributed by atoms with Gasteiger partial charge >= 0.3 is 0 Å². The molecule has 0 amide bonds. The number of hydrogen-bond acceptors (Lipinski definition) is 3. The first-order chi connectivity index (χ1) is 9.62. The van der Waals surface area contributed by atoms with Crippen molar-refractivity contribution in [2.24, 2.45) is 0 Å². The monoisotopic (exact) mass is 286 g/mol. The van der Waals surface area contributed by atoms with Crippen molar-refractivity contribution < 1.29 is 4.39 Å². The molecule has 2 aromatic rings. The van der Waals surface area contributed by atoms with Crippen molar-refractivity contribution in [3.8, 4) is 6.07 Å². The van der Waals surface area contributed by atoms with Crippen molar-refractivity contribution >= 4 is 17.4 Å². The first-order valence-electron chi connectivity index (χ1n) is 6.19. The molecule has 0 aliphatic rings. The van der Waals surface area contributed by atoms with E-state index in [9.17, 15) is 9.65 Å². The van der Waals surface area contributed by atoms with Crippen molar-refractivity contribution in [3.63, 3.8) is 0 Å². The van der Waals surface area contributed by atoms with Gasteiger partial charge in [-0.15, -0.1) is 11.8 Å². The van der Waals surface area contributed by atoms with E-state index in [4.69, 9.17) is 0 Å². The Kier molecular flexibility index (Phi) is 4.65. The van der Waals surface area contributed by atoms with E-state index in [1.54, 1.807) is 11.8 Å². The van der Waals surface area contributed by atoms with Gasteiger partial charge in [0.25, 0.3) is 0 Å². The Morgan fingerprint density at radius 1 is 1.20 bits per heavy atom. The van der Waals surface area contributed by atoms with Crippen LogP contribution < -0.4 is 5.32 Å². The molecule has 2 nitrogen and oxygen atoms in total. The van der Waals surface area contributed by atoms with Crippen LogP contribution in [0.5, 0.6) is 0 Å². The fraction of sp³-hybridized carbons (Fsp3) is 0.188. The molecule has 0 aromatic heterocycles. The average molecular weight is 286 g/mol. The second-order valence-electron chi connectivity index (χ2n) is 4.50. The maximum absolute atomic E-state index is 13.4. The Hall–Kier alpha value is -1.99. The number of halogens is 1. The zero-order valence-corrected chi connectivity index (χ0v) is 12.2. The largest absolute Gasteiger partial charge is 0.366 e. The van der Waals surface area contributed by atoms with E-state index in [2.05, 4.69) is 11.4 Å². The number of nitrogens with zero attached hydrogens (tertiary/aromatic N) is 1. The Morgan fingerprint density at radius 3 is 2.45 bits per heavy atom. The summed E-state index contributed by atoms with van der Waals surface area (Å²) in [4.78, 5) is 1.15. The zero-order valence-electron chi connectivity index (χ0n) is 11.4. The zero-order chi connectivity index (χ0) is 14.5. The molecule has 102 valence electrons. The summed E-state index contributed by atoms with van der Waals surface area (Å²) in [5.41, 5.74) is 2.30. The fourth-order valence-corrected chi connectivity index (χ4v) is 2.38. The topological polar surface area (TPSA) is 35.8 Å². The van der Waals surface area contributed by atoms with Gasteiger partial charge in [0.05, 0.1) is 6.07 Å². The minimum Gasteiger partial charge on any atom is -0.366 e. The summed E-state index contributed by atoms with van der Waals surface area (Å²) in [6.07, 6.45) is 2.00. The van der Waals surface area contributed by atoms with Crippen LogP contribution in [0.4, 0.5) is 10.1 Å². The third-order valence-corrected chi connectivity index (χ3v) is 3.67. The highest BCUT2D eigenvalue weighted by molar-refractivity contribution is 7.98. The van der Waals surface area contributed by atoms with Gasteiger partial charge in [0.15, 0.2) is 0 Å². The summed E-state index contributed by atoms with van der Waals surface area (Å²) in [6, 6.07) is 14.2. The number of rotatable bonds is 4. The highest BCUT2D eigenvalue weighted by Crippen LogP contribution is 2.23. The number of nitriles is 1. The molecule has 0 fully saturated rings. The van der Waals surface area contributed by atoms with Crippen LogP contribution >= 0.6 is 11.8 Å². The van der Waals surface area contributed by atoms with Crippen molar-refractivity contribution in [1.82, 2.24) is 0 Å². The number of thioether (sulfide) groups is 1. The Balaban J connectivity index is 2.22. The maximum atomic E-state index is 13.4. The second kappa shape index (κ2) is 6.44. The van der Waals surface area contributed by atoms with E-state index >= 15 is 0 Å². The SMILES string of the molecule is CSc1ccc(C(C#N)Nc2cc(C)cc(F)c2)cc1. The summed E-state index contributed by atoms with van der Waals surface area (Å²) < 4.78 is 13.4. The Bertz CT molecular complexity index is 612. The van der Waals surface area contributed by atoms with Crippen LogP contribution in [0.25, 0.3) is 0 Å². The minimum atomic E-state index is -0.493. The van der Waals surface area contributed by atoms with Crippen LogP contribution in [0.15, 0.2) is 47.4 Å². The molecule has 0 radical (unpaired) electrons. The summed E-state index contributed by atoms with van der Waals surface area (Å²) in [5, 5.41) is 12.4. The van der Waals surface area contributed by atoms with E-state index in [1.165, 1.54) is 12.1 Å². The van der Waals surface area contributed by atoms with E-state index < -0.39 is 6.04 Å². The van der Waals surface area contributed by atoms with Gasteiger partial charge in [0.1, 0.15) is 11.9 Å². The molecule has 2 rings (SSSR count).